The van der Waals surface area contributed by atoms with Crippen molar-refractivity contribution in [2.45, 2.75) is 95.7 Å². The quantitative estimate of drug-likeness (QED) is 0.230. The molecule has 0 radical (unpaired) electrons. The van der Waals surface area contributed by atoms with Crippen LogP contribution < -0.4 is 0 Å². The lowest BCUT2D eigenvalue weighted by molar-refractivity contribution is 0.113. The number of epoxide rings is 2. The van der Waals surface area contributed by atoms with Gasteiger partial charge in [-0.15, -0.1) is 0 Å². The molecule has 0 aromatic rings. The molecule has 2 saturated heterocycles. The Morgan fingerprint density at radius 3 is 1.04 bits per heavy atom. The molecule has 2 aliphatic rings. The first kappa shape index (κ1) is 21.1. The summed E-state index contributed by atoms with van der Waals surface area (Å²) in [6.45, 7) is 5.27. The molecule has 25 heavy (non-hydrogen) atoms. The van der Waals surface area contributed by atoms with Crippen LogP contribution in [0.1, 0.15) is 83.5 Å². The summed E-state index contributed by atoms with van der Waals surface area (Å²) in [4.78, 5) is 0. The van der Waals surface area contributed by atoms with E-state index in [-0.39, 0.29) is 0 Å². The van der Waals surface area contributed by atoms with Gasteiger partial charge in [0, 0.05) is 13.2 Å². The predicted octanol–water partition coefficient (Wildman–Crippen LogP) is 4.89. The molecule has 2 rings (SSSR count). The molecule has 0 aromatic heterocycles. The Morgan fingerprint density at radius 2 is 0.760 bits per heavy atom. The Labute approximate surface area is 154 Å². The highest BCUT2D eigenvalue weighted by molar-refractivity contribution is 4.67. The van der Waals surface area contributed by atoms with Crippen LogP contribution in [0, 0.1) is 0 Å². The zero-order valence-corrected chi connectivity index (χ0v) is 16.2. The van der Waals surface area contributed by atoms with E-state index in [1.165, 1.54) is 83.5 Å². The molecule has 2 aliphatic heterocycles. The summed E-state index contributed by atoms with van der Waals surface area (Å²) in [5.41, 5.74) is 0. The van der Waals surface area contributed by atoms with Gasteiger partial charge in [-0.1, -0.05) is 70.6 Å². The second-order valence-electron chi connectivity index (χ2n) is 7.66. The molecule has 148 valence electrons. The SMILES string of the molecule is C(CCCCCCCOCC1CO1)CCCCCCCOCC1CO1. The first-order chi connectivity index (χ1) is 12.4. The molecule has 0 aromatic carbocycles. The molecular formula is C21H40O4. The first-order valence-electron chi connectivity index (χ1n) is 10.8. The summed E-state index contributed by atoms with van der Waals surface area (Å²) < 4.78 is 21.3. The van der Waals surface area contributed by atoms with Gasteiger partial charge in [-0.2, -0.15) is 0 Å². The predicted molar refractivity (Wildman–Crippen MR) is 101 cm³/mol. The molecule has 4 nitrogen and oxygen atoms in total. The molecule has 2 unspecified atom stereocenters. The third kappa shape index (κ3) is 14.7. The Kier molecular flexibility index (Phi) is 12.6. The molecule has 0 aliphatic carbocycles. The molecule has 0 N–H and O–H groups in total. The van der Waals surface area contributed by atoms with Crippen LogP contribution in [0.2, 0.25) is 0 Å². The van der Waals surface area contributed by atoms with E-state index in [0.29, 0.717) is 12.2 Å². The van der Waals surface area contributed by atoms with Crippen LogP contribution in [0.4, 0.5) is 0 Å². The normalized spacial score (nSPS) is 21.6. The highest BCUT2D eigenvalue weighted by Gasteiger charge is 2.22. The van der Waals surface area contributed by atoms with Crippen molar-refractivity contribution in [3.8, 4) is 0 Å². The average Bonchev–Trinajstić information content (AvgIpc) is 3.52. The Morgan fingerprint density at radius 1 is 0.480 bits per heavy atom. The summed E-state index contributed by atoms with van der Waals surface area (Å²) >= 11 is 0. The van der Waals surface area contributed by atoms with E-state index in [4.69, 9.17) is 18.9 Å². The van der Waals surface area contributed by atoms with Gasteiger partial charge in [-0.3, -0.25) is 0 Å². The number of hydrogen-bond acceptors (Lipinski definition) is 4. The Balaban J connectivity index is 1.14. The van der Waals surface area contributed by atoms with Crippen LogP contribution in [0.25, 0.3) is 0 Å². The minimum absolute atomic E-state index is 0.418. The van der Waals surface area contributed by atoms with Crippen molar-refractivity contribution in [3.63, 3.8) is 0 Å². The van der Waals surface area contributed by atoms with Gasteiger partial charge in [0.05, 0.1) is 26.4 Å². The van der Waals surface area contributed by atoms with Gasteiger partial charge in [0.25, 0.3) is 0 Å². The minimum atomic E-state index is 0.418. The molecule has 4 heteroatoms. The van der Waals surface area contributed by atoms with Crippen molar-refractivity contribution in [3.05, 3.63) is 0 Å². The second kappa shape index (κ2) is 15.0. The van der Waals surface area contributed by atoms with Crippen LogP contribution in [0.5, 0.6) is 0 Å². The first-order valence-corrected chi connectivity index (χ1v) is 10.8. The van der Waals surface area contributed by atoms with Gasteiger partial charge in [-0.05, 0) is 12.8 Å². The maximum atomic E-state index is 5.55. The molecular weight excluding hydrogens is 316 g/mol. The number of ether oxygens (including phenoxy) is 4. The lowest BCUT2D eigenvalue weighted by Crippen LogP contribution is -2.02. The zero-order valence-electron chi connectivity index (χ0n) is 16.2. The molecule has 0 amide bonds. The van der Waals surface area contributed by atoms with Crippen molar-refractivity contribution in [2.24, 2.45) is 0 Å². The number of rotatable bonds is 20. The summed E-state index contributed by atoms with van der Waals surface area (Å²) in [5.74, 6) is 0. The van der Waals surface area contributed by atoms with E-state index in [2.05, 4.69) is 0 Å². The van der Waals surface area contributed by atoms with Gasteiger partial charge in [0.15, 0.2) is 0 Å². The van der Waals surface area contributed by atoms with E-state index in [1.807, 2.05) is 0 Å². The smallest absolute Gasteiger partial charge is 0.104 e. The fourth-order valence-corrected chi connectivity index (χ4v) is 3.11. The largest absolute Gasteiger partial charge is 0.379 e. The van der Waals surface area contributed by atoms with Crippen molar-refractivity contribution in [1.29, 1.82) is 0 Å². The highest BCUT2D eigenvalue weighted by atomic mass is 16.6. The molecule has 2 atom stereocenters. The topological polar surface area (TPSA) is 43.5 Å². The van der Waals surface area contributed by atoms with Crippen molar-refractivity contribution in [1.82, 2.24) is 0 Å². The van der Waals surface area contributed by atoms with Crippen molar-refractivity contribution < 1.29 is 18.9 Å². The molecule has 0 saturated carbocycles. The number of hydrogen-bond donors (Lipinski definition) is 0. The summed E-state index contributed by atoms with van der Waals surface area (Å²) in [5, 5.41) is 0. The van der Waals surface area contributed by atoms with E-state index >= 15 is 0 Å². The third-order valence-corrected chi connectivity index (χ3v) is 4.99. The van der Waals surface area contributed by atoms with E-state index in [0.717, 1.165) is 39.6 Å². The molecule has 2 fully saturated rings. The monoisotopic (exact) mass is 356 g/mol. The Hall–Kier alpha value is -0.160. The van der Waals surface area contributed by atoms with E-state index < -0.39 is 0 Å². The summed E-state index contributed by atoms with van der Waals surface area (Å²) in [6.07, 6.45) is 18.6. The average molecular weight is 357 g/mol. The van der Waals surface area contributed by atoms with E-state index in [1.54, 1.807) is 0 Å². The molecule has 0 bridgehead atoms. The van der Waals surface area contributed by atoms with Gasteiger partial charge in [0.1, 0.15) is 12.2 Å². The van der Waals surface area contributed by atoms with Crippen LogP contribution in [0.3, 0.4) is 0 Å². The third-order valence-electron chi connectivity index (χ3n) is 4.99. The van der Waals surface area contributed by atoms with Crippen molar-refractivity contribution >= 4 is 0 Å². The van der Waals surface area contributed by atoms with Gasteiger partial charge in [-0.25, -0.2) is 0 Å². The van der Waals surface area contributed by atoms with Crippen LogP contribution >= 0.6 is 0 Å². The molecule has 0 spiro atoms. The fraction of sp³-hybridized carbons (Fsp3) is 1.00. The Bertz CT molecular complexity index is 262. The lowest BCUT2D eigenvalue weighted by atomic mass is 10.0. The van der Waals surface area contributed by atoms with Crippen LogP contribution in [0.15, 0.2) is 0 Å². The van der Waals surface area contributed by atoms with Crippen LogP contribution in [-0.2, 0) is 18.9 Å². The minimum Gasteiger partial charge on any atom is -0.379 e. The lowest BCUT2D eigenvalue weighted by Gasteiger charge is -2.04. The maximum Gasteiger partial charge on any atom is 0.104 e. The summed E-state index contributed by atoms with van der Waals surface area (Å²) in [7, 11) is 0. The maximum absolute atomic E-state index is 5.55. The van der Waals surface area contributed by atoms with Gasteiger partial charge < -0.3 is 18.9 Å². The van der Waals surface area contributed by atoms with Gasteiger partial charge in [0.2, 0.25) is 0 Å². The summed E-state index contributed by atoms with van der Waals surface area (Å²) in [6, 6.07) is 0. The van der Waals surface area contributed by atoms with Crippen molar-refractivity contribution in [2.75, 3.05) is 39.6 Å². The number of unbranched alkanes of at least 4 members (excludes halogenated alkanes) is 12. The molecule has 2 heterocycles. The van der Waals surface area contributed by atoms with Crippen LogP contribution in [-0.4, -0.2) is 51.8 Å². The van der Waals surface area contributed by atoms with E-state index in [9.17, 15) is 0 Å². The van der Waals surface area contributed by atoms with Gasteiger partial charge >= 0.3 is 0 Å². The fourth-order valence-electron chi connectivity index (χ4n) is 3.11. The highest BCUT2D eigenvalue weighted by Crippen LogP contribution is 2.13. The standard InChI is InChI=1S/C21H40O4/c1(2-4-6-8-10-12-14-22-16-20-18-24-20)3-5-7-9-11-13-15-23-17-21-19-25-21/h20-21H,1-19H2. The second-order valence-corrected chi connectivity index (χ2v) is 7.66. The zero-order chi connectivity index (χ0) is 17.4.